The van der Waals surface area contributed by atoms with Gasteiger partial charge in [0.2, 0.25) is 0 Å². The number of hydrogen-bond acceptors (Lipinski definition) is 2. The first kappa shape index (κ1) is 14.9. The zero-order valence-electron chi connectivity index (χ0n) is 11.4. The number of nitrogens with two attached hydrogens (primary N) is 1. The molecule has 1 aliphatic rings. The van der Waals surface area contributed by atoms with Crippen LogP contribution in [-0.4, -0.2) is 30.7 Å². The van der Waals surface area contributed by atoms with E-state index in [1.807, 2.05) is 55.7 Å². The second-order valence-electron chi connectivity index (χ2n) is 4.07. The van der Waals surface area contributed by atoms with E-state index in [0.29, 0.717) is 19.0 Å². The monoisotopic (exact) mass is 257 g/mol. The summed E-state index contributed by atoms with van der Waals surface area (Å²) < 4.78 is 7.18. The van der Waals surface area contributed by atoms with Crippen molar-refractivity contribution in [3.8, 4) is 0 Å². The standard InChI is InChI=1S/C16H20N2O/c1-14-10-6-4-8-12-19-13-9-5-7-11-15(2)18(3)16(14)17/h4-11,17H,1-2,12-13H2,3H3/p+1/b8-4-,9-5-,10-6-,11-7-. The van der Waals surface area contributed by atoms with Gasteiger partial charge in [-0.2, -0.15) is 0 Å². The molecule has 0 aromatic rings. The Morgan fingerprint density at radius 2 is 1.63 bits per heavy atom. The molecule has 100 valence electrons. The topological polar surface area (TPSA) is 38.3 Å². The SMILES string of the molecule is C=C1/C=C\C=C/COC/C=C\C=C/C(=C)/[N+](C)=C\1N. The molecule has 3 nitrogen and oxygen atoms in total. The van der Waals surface area contributed by atoms with Crippen molar-refractivity contribution in [3.05, 3.63) is 73.0 Å². The summed E-state index contributed by atoms with van der Waals surface area (Å²) in [7, 11) is 1.86. The van der Waals surface area contributed by atoms with E-state index in [2.05, 4.69) is 13.2 Å². The van der Waals surface area contributed by atoms with E-state index < -0.39 is 0 Å². The Morgan fingerprint density at radius 3 is 2.26 bits per heavy atom. The fourth-order valence-corrected chi connectivity index (χ4v) is 1.38. The summed E-state index contributed by atoms with van der Waals surface area (Å²) in [6.07, 6.45) is 15.3. The molecule has 0 aliphatic carbocycles. The lowest BCUT2D eigenvalue weighted by Gasteiger charge is -2.03. The van der Waals surface area contributed by atoms with Gasteiger partial charge in [-0.15, -0.1) is 0 Å². The number of ether oxygens (including phenoxy) is 1. The second-order valence-corrected chi connectivity index (χ2v) is 4.07. The Morgan fingerprint density at radius 1 is 1.05 bits per heavy atom. The molecule has 0 amide bonds. The van der Waals surface area contributed by atoms with Gasteiger partial charge in [0.15, 0.2) is 0 Å². The fourth-order valence-electron chi connectivity index (χ4n) is 1.38. The average molecular weight is 257 g/mol. The molecule has 3 heteroatoms. The van der Waals surface area contributed by atoms with Gasteiger partial charge in [-0.1, -0.05) is 49.6 Å². The zero-order valence-corrected chi connectivity index (χ0v) is 11.4. The molecule has 1 aliphatic heterocycles. The second kappa shape index (κ2) is 8.06. The quantitative estimate of drug-likeness (QED) is 0.676. The van der Waals surface area contributed by atoms with E-state index >= 15 is 0 Å². The molecule has 19 heavy (non-hydrogen) atoms. The van der Waals surface area contributed by atoms with Crippen LogP contribution in [0.5, 0.6) is 0 Å². The van der Waals surface area contributed by atoms with Crippen LogP contribution < -0.4 is 5.73 Å². The first-order valence-electron chi connectivity index (χ1n) is 6.11. The van der Waals surface area contributed by atoms with Gasteiger partial charge in [0.05, 0.1) is 25.8 Å². The molecule has 0 saturated heterocycles. The van der Waals surface area contributed by atoms with Crippen LogP contribution in [0, 0.1) is 0 Å². The van der Waals surface area contributed by atoms with Gasteiger partial charge in [0, 0.05) is 0 Å². The number of nitrogens with zero attached hydrogens (tertiary/aromatic N) is 1. The van der Waals surface area contributed by atoms with Crippen LogP contribution in [0.1, 0.15) is 0 Å². The molecule has 2 N–H and O–H groups in total. The van der Waals surface area contributed by atoms with Gasteiger partial charge < -0.3 is 4.74 Å². The minimum absolute atomic E-state index is 0.578. The van der Waals surface area contributed by atoms with E-state index in [0.717, 1.165) is 11.3 Å². The van der Waals surface area contributed by atoms with Crippen molar-refractivity contribution < 1.29 is 9.31 Å². The Bertz CT molecular complexity index is 447. The third kappa shape index (κ3) is 5.36. The molecule has 0 bridgehead atoms. The van der Waals surface area contributed by atoms with Crippen LogP contribution in [0.15, 0.2) is 73.0 Å². The number of rotatable bonds is 0. The molecular weight excluding hydrogens is 236 g/mol. The maximum Gasteiger partial charge on any atom is 0.279 e. The zero-order chi connectivity index (χ0) is 14.1. The lowest BCUT2D eigenvalue weighted by atomic mass is 10.2. The minimum Gasteiger partial charge on any atom is -0.373 e. The van der Waals surface area contributed by atoms with Crippen LogP contribution in [0.2, 0.25) is 0 Å². The molecule has 0 atom stereocenters. The van der Waals surface area contributed by atoms with Crippen molar-refractivity contribution >= 4 is 5.84 Å². The maximum atomic E-state index is 6.02. The van der Waals surface area contributed by atoms with Crippen LogP contribution in [0.25, 0.3) is 0 Å². The van der Waals surface area contributed by atoms with Crippen LogP contribution in [-0.2, 0) is 4.74 Å². The largest absolute Gasteiger partial charge is 0.373 e. The van der Waals surface area contributed by atoms with E-state index in [9.17, 15) is 0 Å². The fraction of sp³-hybridized carbons (Fsp3) is 0.188. The molecule has 0 spiro atoms. The number of likely N-dealkylation sites (N-methyl/N-ethyl adjacent to an activating group) is 1. The molecule has 0 saturated carbocycles. The van der Waals surface area contributed by atoms with Crippen LogP contribution >= 0.6 is 0 Å². The van der Waals surface area contributed by atoms with Crippen molar-refractivity contribution in [2.45, 2.75) is 0 Å². The van der Waals surface area contributed by atoms with E-state index in [1.54, 1.807) is 4.58 Å². The summed E-state index contributed by atoms with van der Waals surface area (Å²) in [5.74, 6) is 0.578. The maximum absolute atomic E-state index is 6.02. The number of allylic oxidation sites excluding steroid dienone is 5. The highest BCUT2D eigenvalue weighted by Crippen LogP contribution is 2.00. The minimum atomic E-state index is 0.578. The average Bonchev–Trinajstić information content (AvgIpc) is 2.41. The lowest BCUT2D eigenvalue weighted by Crippen LogP contribution is -2.25. The van der Waals surface area contributed by atoms with Gasteiger partial charge in [0.25, 0.3) is 5.84 Å². The molecule has 0 fully saturated rings. The molecule has 0 aromatic carbocycles. The van der Waals surface area contributed by atoms with Crippen molar-refractivity contribution in [2.24, 2.45) is 5.73 Å². The third-order valence-electron chi connectivity index (χ3n) is 2.63. The number of hydrogen-bond donors (Lipinski definition) is 1. The molecule has 1 rings (SSSR count). The van der Waals surface area contributed by atoms with Crippen molar-refractivity contribution in [1.29, 1.82) is 0 Å². The van der Waals surface area contributed by atoms with Gasteiger partial charge in [-0.3, -0.25) is 5.73 Å². The summed E-state index contributed by atoms with van der Waals surface area (Å²) in [5.41, 5.74) is 7.56. The van der Waals surface area contributed by atoms with E-state index in [1.165, 1.54) is 0 Å². The summed E-state index contributed by atoms with van der Waals surface area (Å²) in [5, 5.41) is 0. The van der Waals surface area contributed by atoms with Crippen LogP contribution in [0.3, 0.4) is 0 Å². The molecular formula is C16H21N2O+. The Labute approximate surface area is 115 Å². The molecule has 0 unspecified atom stereocenters. The normalized spacial score (nSPS) is 29.1. The predicted octanol–water partition coefficient (Wildman–Crippen LogP) is 2.31. The van der Waals surface area contributed by atoms with Gasteiger partial charge in [-0.05, 0) is 12.2 Å². The summed E-state index contributed by atoms with van der Waals surface area (Å²) in [6, 6.07) is 0. The first-order valence-corrected chi connectivity index (χ1v) is 6.11. The van der Waals surface area contributed by atoms with Gasteiger partial charge in [0.1, 0.15) is 5.70 Å². The van der Waals surface area contributed by atoms with Gasteiger partial charge >= 0.3 is 0 Å². The van der Waals surface area contributed by atoms with Crippen LogP contribution in [0.4, 0.5) is 0 Å². The highest BCUT2D eigenvalue weighted by Gasteiger charge is 2.07. The predicted molar refractivity (Wildman–Crippen MR) is 81.0 cm³/mol. The highest BCUT2D eigenvalue weighted by atomic mass is 16.5. The van der Waals surface area contributed by atoms with Crippen molar-refractivity contribution in [1.82, 2.24) is 0 Å². The Hall–Kier alpha value is -2.13. The molecule has 1 heterocycles. The smallest absolute Gasteiger partial charge is 0.279 e. The summed E-state index contributed by atoms with van der Waals surface area (Å²) in [6.45, 7) is 9.06. The summed E-state index contributed by atoms with van der Waals surface area (Å²) >= 11 is 0. The molecule has 0 aromatic heterocycles. The third-order valence-corrected chi connectivity index (χ3v) is 2.63. The van der Waals surface area contributed by atoms with Crippen molar-refractivity contribution in [2.75, 3.05) is 20.3 Å². The Kier molecular flexibility index (Phi) is 6.33. The Balaban J connectivity index is 2.98. The number of amidine groups is 1. The molecule has 0 radical (unpaired) electrons. The summed E-state index contributed by atoms with van der Waals surface area (Å²) in [4.78, 5) is 0. The lowest BCUT2D eigenvalue weighted by molar-refractivity contribution is -0.438. The van der Waals surface area contributed by atoms with E-state index in [4.69, 9.17) is 10.5 Å². The highest BCUT2D eigenvalue weighted by molar-refractivity contribution is 5.95. The van der Waals surface area contributed by atoms with Crippen molar-refractivity contribution in [3.63, 3.8) is 0 Å². The first-order chi connectivity index (χ1) is 9.13. The van der Waals surface area contributed by atoms with E-state index in [-0.39, 0.29) is 0 Å². The van der Waals surface area contributed by atoms with Gasteiger partial charge in [-0.25, -0.2) is 4.58 Å².